The van der Waals surface area contributed by atoms with Gasteiger partial charge < -0.3 is 4.74 Å². The SMILES string of the molecule is COc1ccccc1CN(C)S(=O)(=O)[C@@H]1CCCC[C@@H]1F. The van der Waals surface area contributed by atoms with Crippen molar-refractivity contribution in [1.82, 2.24) is 4.31 Å². The van der Waals surface area contributed by atoms with E-state index in [0.29, 0.717) is 18.6 Å². The highest BCUT2D eigenvalue weighted by Crippen LogP contribution is 2.29. The second kappa shape index (κ2) is 6.75. The lowest BCUT2D eigenvalue weighted by Gasteiger charge is -2.30. The van der Waals surface area contributed by atoms with Crippen molar-refractivity contribution < 1.29 is 17.5 Å². The molecule has 1 fully saturated rings. The Morgan fingerprint density at radius 2 is 1.95 bits per heavy atom. The third-order valence-electron chi connectivity index (χ3n) is 4.02. The summed E-state index contributed by atoms with van der Waals surface area (Å²) in [6, 6.07) is 7.26. The summed E-state index contributed by atoms with van der Waals surface area (Å²) < 4.78 is 45.5. The van der Waals surface area contributed by atoms with Crippen molar-refractivity contribution in [2.45, 2.75) is 43.6 Å². The highest BCUT2D eigenvalue weighted by atomic mass is 32.2. The fraction of sp³-hybridized carbons (Fsp3) is 0.600. The Labute approximate surface area is 126 Å². The molecule has 0 unspecified atom stereocenters. The summed E-state index contributed by atoms with van der Waals surface area (Å²) in [7, 11) is -0.581. The van der Waals surface area contributed by atoms with Gasteiger partial charge in [-0.2, -0.15) is 0 Å². The van der Waals surface area contributed by atoms with Crippen molar-refractivity contribution in [3.63, 3.8) is 0 Å². The monoisotopic (exact) mass is 315 g/mol. The summed E-state index contributed by atoms with van der Waals surface area (Å²) in [6.07, 6.45) is 1.02. The summed E-state index contributed by atoms with van der Waals surface area (Å²) in [6.45, 7) is 0.190. The molecule has 4 nitrogen and oxygen atoms in total. The van der Waals surface area contributed by atoms with E-state index in [1.165, 1.54) is 11.4 Å². The number of alkyl halides is 1. The average Bonchev–Trinajstić information content (AvgIpc) is 2.48. The normalized spacial score (nSPS) is 23.2. The van der Waals surface area contributed by atoms with Gasteiger partial charge in [0.05, 0.1) is 7.11 Å². The van der Waals surface area contributed by atoms with Crippen molar-refractivity contribution in [1.29, 1.82) is 0 Å². The van der Waals surface area contributed by atoms with E-state index in [1.54, 1.807) is 13.2 Å². The summed E-state index contributed by atoms with van der Waals surface area (Å²) in [4.78, 5) is 0. The number of ether oxygens (including phenoxy) is 1. The minimum atomic E-state index is -3.63. The molecule has 0 aliphatic heterocycles. The number of hydrogen-bond donors (Lipinski definition) is 0. The number of sulfonamides is 1. The number of hydrogen-bond acceptors (Lipinski definition) is 3. The molecule has 118 valence electrons. The molecule has 21 heavy (non-hydrogen) atoms. The van der Waals surface area contributed by atoms with Crippen LogP contribution < -0.4 is 4.74 Å². The van der Waals surface area contributed by atoms with Gasteiger partial charge in [-0.3, -0.25) is 0 Å². The Bertz CT molecular complexity index is 576. The summed E-state index contributed by atoms with van der Waals surface area (Å²) >= 11 is 0. The van der Waals surface area contributed by atoms with Crippen molar-refractivity contribution in [3.05, 3.63) is 29.8 Å². The maximum atomic E-state index is 14.0. The van der Waals surface area contributed by atoms with Crippen LogP contribution >= 0.6 is 0 Å². The summed E-state index contributed by atoms with van der Waals surface area (Å²) in [5, 5.41) is -0.911. The van der Waals surface area contributed by atoms with E-state index in [-0.39, 0.29) is 6.54 Å². The second-order valence-electron chi connectivity index (χ2n) is 5.45. The zero-order valence-corrected chi connectivity index (χ0v) is 13.3. The number of methoxy groups -OCH3 is 1. The number of nitrogens with zero attached hydrogens (tertiary/aromatic N) is 1. The maximum Gasteiger partial charge on any atom is 0.219 e. The van der Waals surface area contributed by atoms with Crippen LogP contribution in [0.15, 0.2) is 24.3 Å². The first-order valence-electron chi connectivity index (χ1n) is 7.18. The van der Waals surface area contributed by atoms with E-state index in [0.717, 1.165) is 18.4 Å². The average molecular weight is 315 g/mol. The molecular formula is C15H22FNO3S. The van der Waals surface area contributed by atoms with Crippen LogP contribution in [0.5, 0.6) is 5.75 Å². The molecule has 0 bridgehead atoms. The third-order valence-corrected chi connectivity index (χ3v) is 6.32. The summed E-state index contributed by atoms with van der Waals surface area (Å²) in [5.41, 5.74) is 0.775. The molecule has 0 amide bonds. The van der Waals surface area contributed by atoms with Gasteiger partial charge >= 0.3 is 0 Å². The van der Waals surface area contributed by atoms with Gasteiger partial charge in [0.1, 0.15) is 17.2 Å². The van der Waals surface area contributed by atoms with Crippen LogP contribution in [0, 0.1) is 0 Å². The standard InChI is InChI=1S/C15H22FNO3S/c1-17(11-12-7-3-5-9-14(12)20-2)21(18,19)15-10-6-4-8-13(15)16/h3,5,7,9,13,15H,4,6,8,10-11H2,1-2H3/t13-,15+/m0/s1. The quantitative estimate of drug-likeness (QED) is 0.839. The van der Waals surface area contributed by atoms with Crippen LogP contribution in [0.3, 0.4) is 0 Å². The highest BCUT2D eigenvalue weighted by molar-refractivity contribution is 7.89. The molecule has 1 aliphatic rings. The zero-order valence-electron chi connectivity index (χ0n) is 12.5. The lowest BCUT2D eigenvalue weighted by atomic mass is 9.98. The number of para-hydroxylation sites is 1. The maximum absolute atomic E-state index is 14.0. The molecule has 1 aliphatic carbocycles. The van der Waals surface area contributed by atoms with Crippen LogP contribution in [-0.2, 0) is 16.6 Å². The van der Waals surface area contributed by atoms with Gasteiger partial charge in [0.15, 0.2) is 0 Å². The van der Waals surface area contributed by atoms with Crippen molar-refractivity contribution >= 4 is 10.0 Å². The van der Waals surface area contributed by atoms with E-state index in [9.17, 15) is 12.8 Å². The fourth-order valence-electron chi connectivity index (χ4n) is 2.78. The minimum absolute atomic E-state index is 0.190. The second-order valence-corrected chi connectivity index (χ2v) is 7.71. The predicted octanol–water partition coefficient (Wildman–Crippen LogP) is 2.74. The van der Waals surface area contributed by atoms with Crippen LogP contribution in [-0.4, -0.2) is 38.3 Å². The molecule has 1 aromatic rings. The Morgan fingerprint density at radius 3 is 2.62 bits per heavy atom. The summed E-state index contributed by atoms with van der Waals surface area (Å²) in [5.74, 6) is 0.639. The Morgan fingerprint density at radius 1 is 1.29 bits per heavy atom. The van der Waals surface area contributed by atoms with Crippen molar-refractivity contribution in [2.75, 3.05) is 14.2 Å². The molecule has 2 atom stereocenters. The highest BCUT2D eigenvalue weighted by Gasteiger charge is 2.38. The Hall–Kier alpha value is -1.14. The molecule has 0 radical (unpaired) electrons. The number of benzene rings is 1. The van der Waals surface area contributed by atoms with Gasteiger partial charge in [-0.25, -0.2) is 17.1 Å². The molecule has 0 N–H and O–H groups in total. The van der Waals surface area contributed by atoms with Gasteiger partial charge in [-0.15, -0.1) is 0 Å². The van der Waals surface area contributed by atoms with E-state index < -0.39 is 21.4 Å². The molecule has 0 saturated heterocycles. The predicted molar refractivity (Wildman–Crippen MR) is 80.5 cm³/mol. The number of halogens is 1. The van der Waals surface area contributed by atoms with Crippen molar-refractivity contribution in [3.8, 4) is 5.75 Å². The van der Waals surface area contributed by atoms with Gasteiger partial charge in [0.2, 0.25) is 10.0 Å². The first-order valence-corrected chi connectivity index (χ1v) is 8.68. The molecule has 1 aromatic carbocycles. The van der Waals surface area contributed by atoms with Crippen LogP contribution in [0.25, 0.3) is 0 Å². The zero-order chi connectivity index (χ0) is 15.5. The number of rotatable bonds is 5. The topological polar surface area (TPSA) is 46.6 Å². The van der Waals surface area contributed by atoms with Crippen LogP contribution in [0.1, 0.15) is 31.2 Å². The van der Waals surface area contributed by atoms with Crippen molar-refractivity contribution in [2.24, 2.45) is 0 Å². The minimum Gasteiger partial charge on any atom is -0.496 e. The van der Waals surface area contributed by atoms with Crippen LogP contribution in [0.4, 0.5) is 4.39 Å². The lowest BCUT2D eigenvalue weighted by Crippen LogP contribution is -2.42. The molecular weight excluding hydrogens is 293 g/mol. The first kappa shape index (κ1) is 16.2. The fourth-order valence-corrected chi connectivity index (χ4v) is 4.54. The molecule has 0 heterocycles. The molecule has 1 saturated carbocycles. The molecule has 2 rings (SSSR count). The Balaban J connectivity index is 2.16. The van der Waals surface area contributed by atoms with E-state index in [2.05, 4.69) is 0 Å². The Kier molecular flexibility index (Phi) is 5.22. The largest absolute Gasteiger partial charge is 0.496 e. The van der Waals surface area contributed by atoms with Crippen LogP contribution in [0.2, 0.25) is 0 Å². The molecule has 0 aromatic heterocycles. The van der Waals surface area contributed by atoms with Gasteiger partial charge in [0, 0.05) is 19.2 Å². The van der Waals surface area contributed by atoms with Gasteiger partial charge in [-0.1, -0.05) is 31.0 Å². The van der Waals surface area contributed by atoms with E-state index in [1.807, 2.05) is 18.2 Å². The van der Waals surface area contributed by atoms with Gasteiger partial charge in [0.25, 0.3) is 0 Å². The van der Waals surface area contributed by atoms with E-state index in [4.69, 9.17) is 4.74 Å². The molecule has 6 heteroatoms. The molecule has 0 spiro atoms. The smallest absolute Gasteiger partial charge is 0.219 e. The lowest BCUT2D eigenvalue weighted by molar-refractivity contribution is 0.247. The first-order chi connectivity index (χ1) is 9.96. The van der Waals surface area contributed by atoms with Gasteiger partial charge in [-0.05, 0) is 18.9 Å². The third kappa shape index (κ3) is 3.55. The van der Waals surface area contributed by atoms with E-state index >= 15 is 0 Å².